The van der Waals surface area contributed by atoms with Gasteiger partial charge in [0.15, 0.2) is 11.5 Å². The molecule has 3 aromatic rings. The Morgan fingerprint density at radius 1 is 0.860 bits per heavy atom. The summed E-state index contributed by atoms with van der Waals surface area (Å²) in [4.78, 5) is 29.4. The maximum Gasteiger partial charge on any atom is 0.244 e. The molecule has 3 rings (SSSR count). The molecule has 0 saturated carbocycles. The molecule has 1 atom stereocenters. The fourth-order valence-electron chi connectivity index (χ4n) is 4.62. The summed E-state index contributed by atoms with van der Waals surface area (Å²) in [6, 6.07) is 20.3. The number of rotatable bonds is 16. The zero-order valence-electron chi connectivity index (χ0n) is 25.4. The van der Waals surface area contributed by atoms with Crippen molar-refractivity contribution >= 4 is 27.5 Å². The molecular formula is C32H41N3O7S. The third-order valence-corrected chi connectivity index (χ3v) is 8.06. The highest BCUT2D eigenvalue weighted by atomic mass is 32.2. The lowest BCUT2D eigenvalue weighted by Crippen LogP contribution is -2.53. The van der Waals surface area contributed by atoms with E-state index >= 15 is 0 Å². The van der Waals surface area contributed by atoms with Crippen LogP contribution in [0.4, 0.5) is 5.69 Å². The standard InChI is InChI=1S/C32H41N3O7S/c1-6-7-18-33-32(37)28(20-24-12-9-8-10-13-24)34(22-25-14-11-15-27(19-25)40-2)31(36)23-35(43(5,38)39)26-16-17-29(41-3)30(21-26)42-4/h8-17,19,21,28H,6-7,18,20,22-23H2,1-5H3,(H,33,37)/t28-/m1/s1. The fourth-order valence-corrected chi connectivity index (χ4v) is 5.46. The van der Waals surface area contributed by atoms with Gasteiger partial charge in [0.25, 0.3) is 0 Å². The third kappa shape index (κ3) is 9.37. The van der Waals surface area contributed by atoms with E-state index < -0.39 is 28.5 Å². The second kappa shape index (κ2) is 15.8. The van der Waals surface area contributed by atoms with E-state index in [0.29, 0.717) is 23.8 Å². The minimum atomic E-state index is -3.93. The van der Waals surface area contributed by atoms with Crippen molar-refractivity contribution in [2.75, 3.05) is 45.0 Å². The highest BCUT2D eigenvalue weighted by Gasteiger charge is 2.33. The van der Waals surface area contributed by atoms with Crippen LogP contribution in [0.3, 0.4) is 0 Å². The van der Waals surface area contributed by atoms with Gasteiger partial charge in [-0.1, -0.05) is 55.8 Å². The number of unbranched alkanes of at least 4 members (excludes halogenated alkanes) is 1. The lowest BCUT2D eigenvalue weighted by Gasteiger charge is -2.33. The van der Waals surface area contributed by atoms with Crippen LogP contribution in [0.1, 0.15) is 30.9 Å². The van der Waals surface area contributed by atoms with Crippen LogP contribution in [0.5, 0.6) is 17.2 Å². The molecule has 43 heavy (non-hydrogen) atoms. The van der Waals surface area contributed by atoms with E-state index in [0.717, 1.165) is 34.5 Å². The van der Waals surface area contributed by atoms with Gasteiger partial charge in [-0.05, 0) is 41.8 Å². The van der Waals surface area contributed by atoms with Crippen LogP contribution in [0.2, 0.25) is 0 Å². The summed E-state index contributed by atoms with van der Waals surface area (Å²) in [5, 5.41) is 2.97. The topological polar surface area (TPSA) is 114 Å². The molecule has 0 bridgehead atoms. The summed E-state index contributed by atoms with van der Waals surface area (Å²) in [5.41, 5.74) is 1.81. The molecule has 0 aromatic heterocycles. The number of carbonyl (C=O) groups excluding carboxylic acids is 2. The smallest absolute Gasteiger partial charge is 0.244 e. The summed E-state index contributed by atoms with van der Waals surface area (Å²) in [6.45, 7) is 2.01. The molecular weight excluding hydrogens is 570 g/mol. The van der Waals surface area contributed by atoms with E-state index in [4.69, 9.17) is 14.2 Å². The summed E-state index contributed by atoms with van der Waals surface area (Å²) in [6.07, 6.45) is 2.95. The molecule has 3 aromatic carbocycles. The molecule has 0 unspecified atom stereocenters. The van der Waals surface area contributed by atoms with E-state index in [1.807, 2.05) is 43.3 Å². The third-order valence-electron chi connectivity index (χ3n) is 6.92. The number of hydrogen-bond acceptors (Lipinski definition) is 7. The molecule has 0 aliphatic heterocycles. The normalized spacial score (nSPS) is 11.7. The first-order chi connectivity index (χ1) is 20.6. The maximum atomic E-state index is 14.2. The lowest BCUT2D eigenvalue weighted by atomic mass is 10.0. The Balaban J connectivity index is 2.07. The van der Waals surface area contributed by atoms with Gasteiger partial charge >= 0.3 is 0 Å². The first-order valence-electron chi connectivity index (χ1n) is 14.0. The molecule has 2 amide bonds. The molecule has 11 heteroatoms. The Morgan fingerprint density at radius 3 is 2.19 bits per heavy atom. The quantitative estimate of drug-likeness (QED) is 0.243. The van der Waals surface area contributed by atoms with Crippen LogP contribution >= 0.6 is 0 Å². The van der Waals surface area contributed by atoms with Crippen LogP contribution in [0.25, 0.3) is 0 Å². The Hall–Kier alpha value is -4.25. The van der Waals surface area contributed by atoms with Crippen LogP contribution < -0.4 is 23.8 Å². The Labute approximate surface area is 254 Å². The number of ether oxygens (including phenoxy) is 3. The highest BCUT2D eigenvalue weighted by molar-refractivity contribution is 7.92. The van der Waals surface area contributed by atoms with Gasteiger partial charge < -0.3 is 24.4 Å². The fraction of sp³-hybridized carbons (Fsp3) is 0.375. The summed E-state index contributed by atoms with van der Waals surface area (Å²) < 4.78 is 43.1. The first-order valence-corrected chi connectivity index (χ1v) is 15.9. The number of methoxy groups -OCH3 is 3. The molecule has 0 heterocycles. The van der Waals surface area contributed by atoms with Crippen LogP contribution in [-0.2, 0) is 32.6 Å². The van der Waals surface area contributed by atoms with Crippen LogP contribution in [0, 0.1) is 0 Å². The second-order valence-corrected chi connectivity index (χ2v) is 11.9. The number of carbonyl (C=O) groups is 2. The van der Waals surface area contributed by atoms with Gasteiger partial charge in [0.1, 0.15) is 18.3 Å². The molecule has 0 radical (unpaired) electrons. The molecule has 0 fully saturated rings. The summed E-state index contributed by atoms with van der Waals surface area (Å²) in [7, 11) is 0.542. The monoisotopic (exact) mass is 611 g/mol. The number of benzene rings is 3. The SMILES string of the molecule is CCCCNC(=O)[C@@H](Cc1ccccc1)N(Cc1cccc(OC)c1)C(=O)CN(c1ccc(OC)c(OC)c1)S(C)(=O)=O. The maximum absolute atomic E-state index is 14.2. The van der Waals surface area contributed by atoms with Gasteiger partial charge in [0, 0.05) is 25.6 Å². The van der Waals surface area contributed by atoms with Gasteiger partial charge in [0.2, 0.25) is 21.8 Å². The number of anilines is 1. The van der Waals surface area contributed by atoms with Crippen molar-refractivity contribution in [1.82, 2.24) is 10.2 Å². The number of nitrogens with zero attached hydrogens (tertiary/aromatic N) is 2. The van der Waals surface area contributed by atoms with Crippen molar-refractivity contribution in [3.63, 3.8) is 0 Å². The largest absolute Gasteiger partial charge is 0.497 e. The van der Waals surface area contributed by atoms with Gasteiger partial charge in [0.05, 0.1) is 33.3 Å². The Bertz CT molecular complexity index is 1460. The van der Waals surface area contributed by atoms with Gasteiger partial charge in [-0.3, -0.25) is 13.9 Å². The van der Waals surface area contributed by atoms with E-state index in [1.54, 1.807) is 37.4 Å². The molecule has 0 saturated heterocycles. The zero-order chi connectivity index (χ0) is 31.4. The lowest BCUT2D eigenvalue weighted by molar-refractivity contribution is -0.140. The molecule has 232 valence electrons. The highest BCUT2D eigenvalue weighted by Crippen LogP contribution is 2.32. The van der Waals surface area contributed by atoms with E-state index in [9.17, 15) is 18.0 Å². The molecule has 0 aliphatic carbocycles. The molecule has 0 spiro atoms. The van der Waals surface area contributed by atoms with Crippen molar-refractivity contribution < 1.29 is 32.2 Å². The first kappa shape index (κ1) is 33.3. The molecule has 1 N–H and O–H groups in total. The predicted molar refractivity (Wildman–Crippen MR) is 167 cm³/mol. The van der Waals surface area contributed by atoms with Crippen molar-refractivity contribution in [2.45, 2.75) is 38.8 Å². The van der Waals surface area contributed by atoms with Gasteiger partial charge in [-0.25, -0.2) is 8.42 Å². The second-order valence-electron chi connectivity index (χ2n) is 10.0. The summed E-state index contributed by atoms with van der Waals surface area (Å²) >= 11 is 0. The van der Waals surface area contributed by atoms with Gasteiger partial charge in [-0.2, -0.15) is 0 Å². The number of amides is 2. The average molecular weight is 612 g/mol. The number of sulfonamides is 1. The Kier molecular flexibility index (Phi) is 12.2. The van der Waals surface area contributed by atoms with E-state index in [1.165, 1.54) is 25.2 Å². The molecule has 10 nitrogen and oxygen atoms in total. The van der Waals surface area contributed by atoms with Crippen molar-refractivity contribution in [2.24, 2.45) is 0 Å². The number of nitrogens with one attached hydrogen (secondary N) is 1. The van der Waals surface area contributed by atoms with Crippen molar-refractivity contribution in [3.05, 3.63) is 83.9 Å². The minimum Gasteiger partial charge on any atom is -0.497 e. The van der Waals surface area contributed by atoms with Crippen molar-refractivity contribution in [3.8, 4) is 17.2 Å². The predicted octanol–water partition coefficient (Wildman–Crippen LogP) is 4.03. The zero-order valence-corrected chi connectivity index (χ0v) is 26.2. The summed E-state index contributed by atoms with van der Waals surface area (Å²) in [5.74, 6) is 0.462. The van der Waals surface area contributed by atoms with E-state index in [2.05, 4.69) is 5.32 Å². The van der Waals surface area contributed by atoms with Crippen LogP contribution in [0.15, 0.2) is 72.8 Å². The van der Waals surface area contributed by atoms with E-state index in [-0.39, 0.29) is 24.6 Å². The van der Waals surface area contributed by atoms with Crippen molar-refractivity contribution in [1.29, 1.82) is 0 Å². The molecule has 0 aliphatic rings. The van der Waals surface area contributed by atoms with Crippen LogP contribution in [-0.4, -0.2) is 71.8 Å². The minimum absolute atomic E-state index is 0.0538. The number of hydrogen-bond donors (Lipinski definition) is 1. The average Bonchev–Trinajstić information content (AvgIpc) is 3.01. The Morgan fingerprint density at radius 2 is 1.56 bits per heavy atom. The van der Waals surface area contributed by atoms with Gasteiger partial charge in [-0.15, -0.1) is 0 Å².